The SMILES string of the molecule is Cc1cccc(CN2C(=O)C3(c4ccccc42)c2c(oc4ccc(Cl)cc4c2=O)C(=O)N3Cc2ccc(F)cc2)c1. The van der Waals surface area contributed by atoms with E-state index in [0.717, 1.165) is 11.1 Å². The fraction of sp³-hybridized carbons (Fsp3) is 0.121. The van der Waals surface area contributed by atoms with E-state index in [1.807, 2.05) is 43.3 Å². The molecule has 41 heavy (non-hydrogen) atoms. The predicted octanol–water partition coefficient (Wildman–Crippen LogP) is 6.34. The van der Waals surface area contributed by atoms with Gasteiger partial charge in [-0.3, -0.25) is 14.4 Å². The molecule has 0 aliphatic carbocycles. The van der Waals surface area contributed by atoms with Gasteiger partial charge in [0.05, 0.1) is 23.2 Å². The van der Waals surface area contributed by atoms with Crippen LogP contribution in [0.3, 0.4) is 0 Å². The van der Waals surface area contributed by atoms with Gasteiger partial charge in [0.15, 0.2) is 11.0 Å². The van der Waals surface area contributed by atoms with E-state index in [9.17, 15) is 18.8 Å². The van der Waals surface area contributed by atoms with Crippen molar-refractivity contribution in [1.29, 1.82) is 0 Å². The Balaban J connectivity index is 1.51. The number of aryl methyl sites for hydroxylation is 1. The van der Waals surface area contributed by atoms with Crippen molar-refractivity contribution in [2.24, 2.45) is 0 Å². The first kappa shape index (κ1) is 25.2. The highest BCUT2D eigenvalue weighted by Crippen LogP contribution is 2.53. The maximum atomic E-state index is 14.9. The maximum absolute atomic E-state index is 14.9. The van der Waals surface area contributed by atoms with Gasteiger partial charge in [-0.15, -0.1) is 0 Å². The third-order valence-electron chi connectivity index (χ3n) is 7.87. The summed E-state index contributed by atoms with van der Waals surface area (Å²) in [4.78, 5) is 46.3. The van der Waals surface area contributed by atoms with E-state index < -0.39 is 28.6 Å². The minimum Gasteiger partial charge on any atom is -0.450 e. The molecule has 1 spiro atoms. The smallest absolute Gasteiger partial charge is 0.291 e. The van der Waals surface area contributed by atoms with Crippen LogP contribution in [0.4, 0.5) is 10.1 Å². The largest absolute Gasteiger partial charge is 0.450 e. The van der Waals surface area contributed by atoms with E-state index in [0.29, 0.717) is 21.8 Å². The van der Waals surface area contributed by atoms with Crippen molar-refractivity contribution in [3.05, 3.63) is 146 Å². The van der Waals surface area contributed by atoms with Crippen molar-refractivity contribution in [3.8, 4) is 0 Å². The number of benzene rings is 4. The summed E-state index contributed by atoms with van der Waals surface area (Å²) in [7, 11) is 0. The van der Waals surface area contributed by atoms with Crippen LogP contribution in [0.1, 0.15) is 38.4 Å². The molecule has 2 aliphatic heterocycles. The van der Waals surface area contributed by atoms with Crippen LogP contribution in [-0.4, -0.2) is 16.7 Å². The number of amides is 2. The number of anilines is 1. The molecule has 6 nitrogen and oxygen atoms in total. The molecule has 1 aromatic heterocycles. The maximum Gasteiger partial charge on any atom is 0.291 e. The van der Waals surface area contributed by atoms with E-state index in [4.69, 9.17) is 16.0 Å². The van der Waals surface area contributed by atoms with Crippen LogP contribution in [0.15, 0.2) is 100 Å². The molecule has 5 aromatic rings. The van der Waals surface area contributed by atoms with Crippen molar-refractivity contribution in [1.82, 2.24) is 4.90 Å². The van der Waals surface area contributed by atoms with Crippen LogP contribution in [-0.2, 0) is 23.4 Å². The minimum absolute atomic E-state index is 0.0384. The number of hydrogen-bond donors (Lipinski definition) is 0. The number of para-hydroxylation sites is 1. The number of fused-ring (bicyclic) bond motifs is 5. The lowest BCUT2D eigenvalue weighted by atomic mass is 9.83. The van der Waals surface area contributed by atoms with E-state index in [1.165, 1.54) is 29.2 Å². The summed E-state index contributed by atoms with van der Waals surface area (Å²) in [6, 6.07) is 25.3. The summed E-state index contributed by atoms with van der Waals surface area (Å²) in [5.74, 6) is -1.65. The van der Waals surface area contributed by atoms with Gasteiger partial charge in [-0.2, -0.15) is 0 Å². The molecule has 1 atom stereocenters. The second-order valence-electron chi connectivity index (χ2n) is 10.4. The first-order valence-electron chi connectivity index (χ1n) is 13.1. The van der Waals surface area contributed by atoms with E-state index in [1.54, 1.807) is 35.2 Å². The van der Waals surface area contributed by atoms with Gasteiger partial charge < -0.3 is 14.2 Å². The number of rotatable bonds is 4. The molecule has 0 N–H and O–H groups in total. The van der Waals surface area contributed by atoms with Crippen molar-refractivity contribution < 1.29 is 18.4 Å². The lowest BCUT2D eigenvalue weighted by Gasteiger charge is -2.34. The number of carbonyl (C=O) groups is 2. The number of halogens is 2. The van der Waals surface area contributed by atoms with Crippen molar-refractivity contribution in [2.75, 3.05) is 4.90 Å². The van der Waals surface area contributed by atoms with Crippen LogP contribution in [0.5, 0.6) is 0 Å². The second kappa shape index (κ2) is 9.14. The highest BCUT2D eigenvalue weighted by molar-refractivity contribution is 6.31. The lowest BCUT2D eigenvalue weighted by molar-refractivity contribution is -0.126. The van der Waals surface area contributed by atoms with Crippen molar-refractivity contribution >= 4 is 40.1 Å². The van der Waals surface area contributed by atoms with E-state index >= 15 is 0 Å². The molecule has 0 radical (unpaired) electrons. The molecule has 3 heterocycles. The van der Waals surface area contributed by atoms with Crippen LogP contribution in [0.25, 0.3) is 11.0 Å². The average molecular weight is 565 g/mol. The third-order valence-corrected chi connectivity index (χ3v) is 8.11. The minimum atomic E-state index is -1.79. The monoisotopic (exact) mass is 564 g/mol. The topological polar surface area (TPSA) is 70.8 Å². The van der Waals surface area contributed by atoms with Gasteiger partial charge in [0.2, 0.25) is 5.76 Å². The summed E-state index contributed by atoms with van der Waals surface area (Å²) in [5.41, 5.74) is 1.49. The molecule has 0 saturated heterocycles. The summed E-state index contributed by atoms with van der Waals surface area (Å²) in [6.45, 7) is 2.15. The molecule has 0 bridgehead atoms. The number of carbonyl (C=O) groups excluding carboxylic acids is 2. The summed E-state index contributed by atoms with van der Waals surface area (Å²) in [5, 5.41) is 0.500. The van der Waals surface area contributed by atoms with Gasteiger partial charge in [0.25, 0.3) is 11.8 Å². The molecule has 0 fully saturated rings. The molecule has 2 aliphatic rings. The highest BCUT2D eigenvalue weighted by atomic mass is 35.5. The number of hydrogen-bond acceptors (Lipinski definition) is 4. The molecule has 4 aromatic carbocycles. The Morgan fingerprint density at radius 2 is 1.63 bits per heavy atom. The van der Waals surface area contributed by atoms with Gasteiger partial charge >= 0.3 is 0 Å². The van der Waals surface area contributed by atoms with Gasteiger partial charge in [-0.05, 0) is 54.4 Å². The lowest BCUT2D eigenvalue weighted by Crippen LogP contribution is -2.52. The zero-order chi connectivity index (χ0) is 28.5. The quantitative estimate of drug-likeness (QED) is 0.255. The fourth-order valence-corrected chi connectivity index (χ4v) is 6.28. The molecule has 202 valence electrons. The van der Waals surface area contributed by atoms with Gasteiger partial charge in [-0.1, -0.05) is 71.8 Å². The van der Waals surface area contributed by atoms with Crippen LogP contribution in [0, 0.1) is 12.7 Å². The Kier molecular flexibility index (Phi) is 5.63. The Bertz CT molecular complexity index is 1970. The Morgan fingerprint density at radius 3 is 2.41 bits per heavy atom. The van der Waals surface area contributed by atoms with Crippen LogP contribution in [0.2, 0.25) is 5.02 Å². The zero-order valence-corrected chi connectivity index (χ0v) is 22.6. The van der Waals surface area contributed by atoms with Gasteiger partial charge in [0.1, 0.15) is 11.4 Å². The van der Waals surface area contributed by atoms with E-state index in [-0.39, 0.29) is 35.4 Å². The van der Waals surface area contributed by atoms with E-state index in [2.05, 4.69) is 0 Å². The highest BCUT2D eigenvalue weighted by Gasteiger charge is 2.65. The third kappa shape index (κ3) is 3.66. The fourth-order valence-electron chi connectivity index (χ4n) is 6.11. The first-order chi connectivity index (χ1) is 19.8. The molecular formula is C33H22ClFN2O4. The zero-order valence-electron chi connectivity index (χ0n) is 21.9. The Hall–Kier alpha value is -4.75. The Morgan fingerprint density at radius 1 is 0.854 bits per heavy atom. The standard InChI is InChI=1S/C33H22ClFN2O4/c1-19-5-4-6-21(15-19)17-36-26-8-3-2-7-25(26)33(32(36)40)28-29(38)24-16-22(34)11-14-27(24)41-30(28)31(39)37(33)18-20-9-12-23(35)13-10-20/h2-16H,17-18H2,1H3. The predicted molar refractivity (Wildman–Crippen MR) is 153 cm³/mol. The molecule has 8 heteroatoms. The Labute approximate surface area is 239 Å². The second-order valence-corrected chi connectivity index (χ2v) is 10.8. The molecule has 7 rings (SSSR count). The van der Waals surface area contributed by atoms with Crippen molar-refractivity contribution in [2.45, 2.75) is 25.6 Å². The molecule has 2 amide bonds. The molecule has 0 saturated carbocycles. The summed E-state index contributed by atoms with van der Waals surface area (Å²) in [6.07, 6.45) is 0. The van der Waals surface area contributed by atoms with Gasteiger partial charge in [-0.25, -0.2) is 4.39 Å². The normalized spacial score (nSPS) is 17.5. The van der Waals surface area contributed by atoms with Crippen LogP contribution >= 0.6 is 11.6 Å². The van der Waals surface area contributed by atoms with Crippen molar-refractivity contribution in [3.63, 3.8) is 0 Å². The molecule has 1 unspecified atom stereocenters. The first-order valence-corrected chi connectivity index (χ1v) is 13.5. The molecular weight excluding hydrogens is 543 g/mol. The average Bonchev–Trinajstić information content (AvgIpc) is 3.35. The summed E-state index contributed by atoms with van der Waals surface area (Å²) >= 11 is 6.24. The van der Waals surface area contributed by atoms with Crippen LogP contribution < -0.4 is 10.3 Å². The number of nitrogens with zero attached hydrogens (tertiary/aromatic N) is 2. The summed E-state index contributed by atoms with van der Waals surface area (Å²) < 4.78 is 19.8. The van der Waals surface area contributed by atoms with Gasteiger partial charge in [0, 0.05) is 17.1 Å².